The molecular formula is C10H20N2O. The predicted molar refractivity (Wildman–Crippen MR) is 53.3 cm³/mol. The first-order valence-corrected chi connectivity index (χ1v) is 5.29. The molecule has 1 heterocycles. The number of nitrogens with zero attached hydrogens (tertiary/aromatic N) is 1. The topological polar surface area (TPSA) is 46.3 Å². The first-order chi connectivity index (χ1) is 6.29. The fourth-order valence-electron chi connectivity index (χ4n) is 2.08. The van der Waals surface area contributed by atoms with Gasteiger partial charge in [0.1, 0.15) is 0 Å². The minimum absolute atomic E-state index is 0.123. The zero-order valence-electron chi connectivity index (χ0n) is 8.46. The summed E-state index contributed by atoms with van der Waals surface area (Å²) in [6, 6.07) is 0.467. The van der Waals surface area contributed by atoms with Crippen molar-refractivity contribution in [3.8, 4) is 0 Å². The molecule has 76 valence electrons. The van der Waals surface area contributed by atoms with Crippen LogP contribution in [0.4, 0.5) is 0 Å². The second kappa shape index (κ2) is 5.22. The summed E-state index contributed by atoms with van der Waals surface area (Å²) in [6.45, 7) is 3.25. The van der Waals surface area contributed by atoms with E-state index in [9.17, 15) is 4.79 Å². The highest BCUT2D eigenvalue weighted by atomic mass is 16.2. The SMILES string of the molecule is CCCC1CCCCN1C(=O)CN. The molecule has 0 aromatic heterocycles. The zero-order chi connectivity index (χ0) is 9.68. The van der Waals surface area contributed by atoms with Gasteiger partial charge in [-0.15, -0.1) is 0 Å². The molecule has 0 saturated carbocycles. The van der Waals surface area contributed by atoms with Gasteiger partial charge in [-0.05, 0) is 25.7 Å². The first kappa shape index (κ1) is 10.5. The van der Waals surface area contributed by atoms with Crippen molar-refractivity contribution in [1.82, 2.24) is 4.90 Å². The van der Waals surface area contributed by atoms with Gasteiger partial charge in [-0.2, -0.15) is 0 Å². The van der Waals surface area contributed by atoms with Gasteiger partial charge in [0.2, 0.25) is 5.91 Å². The van der Waals surface area contributed by atoms with Crippen LogP contribution >= 0.6 is 0 Å². The zero-order valence-corrected chi connectivity index (χ0v) is 8.46. The second-order valence-electron chi connectivity index (χ2n) is 3.73. The molecule has 3 nitrogen and oxygen atoms in total. The van der Waals surface area contributed by atoms with E-state index in [0.717, 1.165) is 25.8 Å². The molecule has 1 aliphatic heterocycles. The monoisotopic (exact) mass is 184 g/mol. The highest BCUT2D eigenvalue weighted by Gasteiger charge is 2.24. The second-order valence-corrected chi connectivity index (χ2v) is 3.73. The molecule has 1 saturated heterocycles. The molecule has 0 aromatic rings. The number of nitrogens with two attached hydrogens (primary N) is 1. The lowest BCUT2D eigenvalue weighted by molar-refractivity contribution is -0.133. The molecule has 1 aliphatic rings. The number of hydrogen-bond donors (Lipinski definition) is 1. The number of piperidine rings is 1. The Morgan fingerprint density at radius 1 is 1.54 bits per heavy atom. The smallest absolute Gasteiger partial charge is 0.236 e. The Morgan fingerprint density at radius 3 is 2.92 bits per heavy atom. The molecule has 1 amide bonds. The van der Waals surface area contributed by atoms with Crippen LogP contribution in [0.25, 0.3) is 0 Å². The summed E-state index contributed by atoms with van der Waals surface area (Å²) in [4.78, 5) is 13.4. The van der Waals surface area contributed by atoms with E-state index < -0.39 is 0 Å². The first-order valence-electron chi connectivity index (χ1n) is 5.29. The van der Waals surface area contributed by atoms with E-state index in [2.05, 4.69) is 6.92 Å². The number of carbonyl (C=O) groups excluding carboxylic acids is 1. The molecule has 13 heavy (non-hydrogen) atoms. The van der Waals surface area contributed by atoms with Gasteiger partial charge in [-0.3, -0.25) is 4.79 Å². The third-order valence-electron chi connectivity index (χ3n) is 2.74. The summed E-state index contributed by atoms with van der Waals surface area (Å²) in [5.41, 5.74) is 5.37. The number of carbonyl (C=O) groups is 1. The van der Waals surface area contributed by atoms with E-state index in [-0.39, 0.29) is 12.5 Å². The van der Waals surface area contributed by atoms with E-state index in [4.69, 9.17) is 5.73 Å². The van der Waals surface area contributed by atoms with E-state index in [1.54, 1.807) is 0 Å². The quantitative estimate of drug-likeness (QED) is 0.714. The van der Waals surface area contributed by atoms with Gasteiger partial charge in [-0.25, -0.2) is 0 Å². The number of rotatable bonds is 3. The molecule has 1 atom stereocenters. The maximum atomic E-state index is 11.5. The maximum absolute atomic E-state index is 11.5. The molecule has 0 aromatic carbocycles. The standard InChI is InChI=1S/C10H20N2O/c1-2-5-9-6-3-4-7-12(9)10(13)8-11/h9H,2-8,11H2,1H3. The fraction of sp³-hybridized carbons (Fsp3) is 0.900. The Labute approximate surface area is 80.3 Å². The van der Waals surface area contributed by atoms with Gasteiger partial charge in [-0.1, -0.05) is 13.3 Å². The van der Waals surface area contributed by atoms with Gasteiger partial charge in [0.15, 0.2) is 0 Å². The van der Waals surface area contributed by atoms with Crippen molar-refractivity contribution in [2.24, 2.45) is 5.73 Å². The van der Waals surface area contributed by atoms with Gasteiger partial charge in [0, 0.05) is 12.6 Å². The van der Waals surface area contributed by atoms with Crippen LogP contribution in [0, 0.1) is 0 Å². The summed E-state index contributed by atoms with van der Waals surface area (Å²) in [6.07, 6.45) is 5.86. The van der Waals surface area contributed by atoms with Crippen LogP contribution in [0.2, 0.25) is 0 Å². The lowest BCUT2D eigenvalue weighted by atomic mass is 9.98. The van der Waals surface area contributed by atoms with Crippen LogP contribution in [0.3, 0.4) is 0 Å². The van der Waals surface area contributed by atoms with E-state index >= 15 is 0 Å². The van der Waals surface area contributed by atoms with Crippen molar-refractivity contribution in [3.63, 3.8) is 0 Å². The van der Waals surface area contributed by atoms with Crippen LogP contribution in [-0.2, 0) is 4.79 Å². The van der Waals surface area contributed by atoms with Crippen molar-refractivity contribution >= 4 is 5.91 Å². The summed E-state index contributed by atoms with van der Waals surface area (Å²) >= 11 is 0. The Bertz CT molecular complexity index is 168. The molecule has 1 fully saturated rings. The van der Waals surface area contributed by atoms with Gasteiger partial charge < -0.3 is 10.6 Å². The Hall–Kier alpha value is -0.570. The molecule has 1 unspecified atom stereocenters. The number of likely N-dealkylation sites (tertiary alicyclic amines) is 1. The molecule has 2 N–H and O–H groups in total. The van der Waals surface area contributed by atoms with Gasteiger partial charge in [0.25, 0.3) is 0 Å². The van der Waals surface area contributed by atoms with Crippen molar-refractivity contribution in [2.45, 2.75) is 45.1 Å². The molecule has 1 rings (SSSR count). The maximum Gasteiger partial charge on any atom is 0.236 e. The molecule has 0 bridgehead atoms. The van der Waals surface area contributed by atoms with Crippen LogP contribution in [0.15, 0.2) is 0 Å². The average molecular weight is 184 g/mol. The van der Waals surface area contributed by atoms with E-state index in [0.29, 0.717) is 6.04 Å². The van der Waals surface area contributed by atoms with Crippen LogP contribution < -0.4 is 5.73 Å². The molecule has 0 radical (unpaired) electrons. The number of amides is 1. The average Bonchev–Trinajstić information content (AvgIpc) is 2.18. The van der Waals surface area contributed by atoms with Crippen molar-refractivity contribution in [1.29, 1.82) is 0 Å². The minimum Gasteiger partial charge on any atom is -0.339 e. The lowest BCUT2D eigenvalue weighted by Crippen LogP contribution is -2.46. The fourth-order valence-corrected chi connectivity index (χ4v) is 2.08. The Morgan fingerprint density at radius 2 is 2.31 bits per heavy atom. The summed E-state index contributed by atoms with van der Waals surface area (Å²) in [5, 5.41) is 0. The van der Waals surface area contributed by atoms with Crippen molar-refractivity contribution < 1.29 is 4.79 Å². The summed E-state index contributed by atoms with van der Waals surface area (Å²) < 4.78 is 0. The third-order valence-corrected chi connectivity index (χ3v) is 2.74. The summed E-state index contributed by atoms with van der Waals surface area (Å²) in [7, 11) is 0. The lowest BCUT2D eigenvalue weighted by Gasteiger charge is -2.35. The normalized spacial score (nSPS) is 23.2. The molecule has 0 aliphatic carbocycles. The largest absolute Gasteiger partial charge is 0.339 e. The molecular weight excluding hydrogens is 164 g/mol. The molecule has 0 spiro atoms. The number of hydrogen-bond acceptors (Lipinski definition) is 2. The molecule has 3 heteroatoms. The highest BCUT2D eigenvalue weighted by Crippen LogP contribution is 2.20. The van der Waals surface area contributed by atoms with Crippen LogP contribution in [0.1, 0.15) is 39.0 Å². The Balaban J connectivity index is 2.50. The van der Waals surface area contributed by atoms with Crippen LogP contribution in [-0.4, -0.2) is 29.9 Å². The van der Waals surface area contributed by atoms with Gasteiger partial charge >= 0.3 is 0 Å². The predicted octanol–water partition coefficient (Wildman–Crippen LogP) is 1.13. The summed E-state index contributed by atoms with van der Waals surface area (Å²) in [5.74, 6) is 0.123. The van der Waals surface area contributed by atoms with Crippen molar-refractivity contribution in [2.75, 3.05) is 13.1 Å². The Kier molecular flexibility index (Phi) is 4.22. The highest BCUT2D eigenvalue weighted by molar-refractivity contribution is 5.78. The van der Waals surface area contributed by atoms with Crippen LogP contribution in [0.5, 0.6) is 0 Å². The van der Waals surface area contributed by atoms with E-state index in [1.165, 1.54) is 12.8 Å². The van der Waals surface area contributed by atoms with Gasteiger partial charge in [0.05, 0.1) is 6.54 Å². The van der Waals surface area contributed by atoms with Crippen molar-refractivity contribution in [3.05, 3.63) is 0 Å². The third kappa shape index (κ3) is 2.69. The minimum atomic E-state index is 0.123. The van der Waals surface area contributed by atoms with E-state index in [1.807, 2.05) is 4.90 Å².